The lowest BCUT2D eigenvalue weighted by Crippen LogP contribution is -2.38. The lowest BCUT2D eigenvalue weighted by molar-refractivity contribution is 0.0926. The van der Waals surface area contributed by atoms with Gasteiger partial charge in [-0.15, -0.1) is 0 Å². The maximum Gasteiger partial charge on any atom is 0.256 e. The van der Waals surface area contributed by atoms with Crippen LogP contribution in [-0.4, -0.2) is 49.0 Å². The van der Waals surface area contributed by atoms with Gasteiger partial charge in [0.1, 0.15) is 11.4 Å². The molecular weight excluding hydrogens is 316 g/mol. The van der Waals surface area contributed by atoms with E-state index >= 15 is 0 Å². The molecule has 0 aliphatic heterocycles. The third kappa shape index (κ3) is 2.86. The van der Waals surface area contributed by atoms with Gasteiger partial charge >= 0.3 is 0 Å². The molecule has 6 heteroatoms. The Morgan fingerprint density at radius 1 is 1.48 bits per heavy atom. The number of amides is 1. The van der Waals surface area contributed by atoms with E-state index in [0.717, 1.165) is 30.6 Å². The van der Waals surface area contributed by atoms with Crippen LogP contribution in [0.2, 0.25) is 0 Å². The second-order valence-electron chi connectivity index (χ2n) is 7.83. The lowest BCUT2D eigenvalue weighted by Gasteiger charge is -2.23. The number of allylic oxidation sites excluding steroid dienone is 1. The fourth-order valence-corrected chi connectivity index (χ4v) is 5.13. The number of carbonyl (C=O) groups is 1. The number of rotatable bonds is 6. The number of methoxy groups -OCH3 is 1. The molecular formula is C19H28N4O2. The van der Waals surface area contributed by atoms with Crippen molar-refractivity contribution in [2.24, 2.45) is 24.8 Å². The number of carbonyl (C=O) groups excluding carboxylic acids is 1. The zero-order valence-electron chi connectivity index (χ0n) is 15.4. The predicted molar refractivity (Wildman–Crippen MR) is 96.6 cm³/mol. The normalized spacial score (nSPS) is 29.6. The molecule has 1 aromatic heterocycles. The molecule has 1 heterocycles. The highest BCUT2D eigenvalue weighted by Crippen LogP contribution is 2.54. The van der Waals surface area contributed by atoms with Crippen LogP contribution in [0.25, 0.3) is 0 Å². The standard InChI is InChI=1S/C19H28N4O2/c1-22(6-7-25-3)19-16(11-20-23(19)2)18(24)21-17-10-13-5-4-12-8-14(13)15(17)9-12/h5,11-12,14-15,17H,4,6-10H2,1-3H3,(H,21,24). The molecule has 0 aromatic carbocycles. The second kappa shape index (κ2) is 6.48. The summed E-state index contributed by atoms with van der Waals surface area (Å²) < 4.78 is 6.92. The van der Waals surface area contributed by atoms with E-state index < -0.39 is 0 Å². The quantitative estimate of drug-likeness (QED) is 0.802. The van der Waals surface area contributed by atoms with Crippen LogP contribution in [0.5, 0.6) is 0 Å². The van der Waals surface area contributed by atoms with Gasteiger partial charge in [0.05, 0.1) is 12.8 Å². The van der Waals surface area contributed by atoms with Crippen molar-refractivity contribution in [2.75, 3.05) is 32.2 Å². The summed E-state index contributed by atoms with van der Waals surface area (Å²) >= 11 is 0. The molecule has 4 unspecified atom stereocenters. The third-order valence-electron chi connectivity index (χ3n) is 6.33. The number of fused-ring (bicyclic) bond motifs is 1. The maximum atomic E-state index is 13.0. The molecule has 0 saturated heterocycles. The Morgan fingerprint density at radius 2 is 2.32 bits per heavy atom. The molecule has 3 aliphatic rings. The summed E-state index contributed by atoms with van der Waals surface area (Å²) in [7, 11) is 5.53. The summed E-state index contributed by atoms with van der Waals surface area (Å²) in [5, 5.41) is 7.63. The molecule has 3 aliphatic carbocycles. The number of aromatic nitrogens is 2. The first-order valence-corrected chi connectivity index (χ1v) is 9.30. The summed E-state index contributed by atoms with van der Waals surface area (Å²) in [6.45, 7) is 1.34. The largest absolute Gasteiger partial charge is 0.383 e. The van der Waals surface area contributed by atoms with Gasteiger partial charge in [-0.3, -0.25) is 9.48 Å². The van der Waals surface area contributed by atoms with Gasteiger partial charge in [0.15, 0.2) is 0 Å². The van der Waals surface area contributed by atoms with E-state index in [4.69, 9.17) is 4.74 Å². The van der Waals surface area contributed by atoms with Gasteiger partial charge in [-0.2, -0.15) is 5.10 Å². The van der Waals surface area contributed by atoms with Crippen molar-refractivity contribution in [3.05, 3.63) is 23.4 Å². The van der Waals surface area contributed by atoms with E-state index in [1.54, 1.807) is 23.6 Å². The number of hydrogen-bond donors (Lipinski definition) is 1. The summed E-state index contributed by atoms with van der Waals surface area (Å²) in [6, 6.07) is 0.284. The molecule has 4 rings (SSSR count). The average Bonchev–Trinajstić information content (AvgIpc) is 3.23. The smallest absolute Gasteiger partial charge is 0.256 e. The first kappa shape index (κ1) is 16.6. The summed E-state index contributed by atoms with van der Waals surface area (Å²) in [5.41, 5.74) is 2.24. The Kier molecular flexibility index (Phi) is 4.31. The van der Waals surface area contributed by atoms with Crippen LogP contribution in [0.1, 0.15) is 36.0 Å². The molecule has 136 valence electrons. The minimum absolute atomic E-state index is 0.00129. The van der Waals surface area contributed by atoms with Crippen LogP contribution >= 0.6 is 0 Å². The zero-order chi connectivity index (χ0) is 17.6. The number of hydrogen-bond acceptors (Lipinski definition) is 4. The van der Waals surface area contributed by atoms with Crippen molar-refractivity contribution in [3.8, 4) is 0 Å². The molecule has 6 nitrogen and oxygen atoms in total. The average molecular weight is 344 g/mol. The SMILES string of the molecule is COCCN(C)c1c(C(=O)NC2CC3=CCC4CC3C2C4)cnn1C. The maximum absolute atomic E-state index is 13.0. The second-order valence-corrected chi connectivity index (χ2v) is 7.83. The van der Waals surface area contributed by atoms with Gasteiger partial charge in [0, 0.05) is 33.8 Å². The minimum atomic E-state index is 0.00129. The van der Waals surface area contributed by atoms with E-state index in [-0.39, 0.29) is 11.9 Å². The molecule has 25 heavy (non-hydrogen) atoms. The summed E-state index contributed by atoms with van der Waals surface area (Å²) in [4.78, 5) is 15.0. The van der Waals surface area contributed by atoms with Crippen LogP contribution < -0.4 is 10.2 Å². The topological polar surface area (TPSA) is 59.4 Å². The molecule has 0 spiro atoms. The van der Waals surface area contributed by atoms with Crippen molar-refractivity contribution in [1.82, 2.24) is 15.1 Å². The van der Waals surface area contributed by atoms with Gasteiger partial charge in [-0.25, -0.2) is 0 Å². The highest BCUT2D eigenvalue weighted by molar-refractivity contribution is 5.99. The highest BCUT2D eigenvalue weighted by Gasteiger charge is 2.48. The van der Waals surface area contributed by atoms with E-state index in [9.17, 15) is 4.79 Å². The van der Waals surface area contributed by atoms with Crippen molar-refractivity contribution in [1.29, 1.82) is 0 Å². The van der Waals surface area contributed by atoms with Crippen molar-refractivity contribution in [3.63, 3.8) is 0 Å². The minimum Gasteiger partial charge on any atom is -0.383 e. The number of aryl methyl sites for hydroxylation is 1. The lowest BCUT2D eigenvalue weighted by atomic mass is 9.89. The fraction of sp³-hybridized carbons (Fsp3) is 0.684. The number of nitrogens with zero attached hydrogens (tertiary/aromatic N) is 3. The Labute approximate surface area is 149 Å². The van der Waals surface area contributed by atoms with E-state index in [1.165, 1.54) is 19.3 Å². The van der Waals surface area contributed by atoms with E-state index in [0.29, 0.717) is 18.1 Å². The molecule has 2 saturated carbocycles. The highest BCUT2D eigenvalue weighted by atomic mass is 16.5. The van der Waals surface area contributed by atoms with Crippen molar-refractivity contribution >= 4 is 11.7 Å². The van der Waals surface area contributed by atoms with Gasteiger partial charge in [0.2, 0.25) is 0 Å². The Balaban J connectivity index is 1.49. The molecule has 0 radical (unpaired) electrons. The van der Waals surface area contributed by atoms with Gasteiger partial charge in [0.25, 0.3) is 5.91 Å². The fourth-order valence-electron chi connectivity index (χ4n) is 5.13. The number of anilines is 1. The van der Waals surface area contributed by atoms with E-state index in [2.05, 4.69) is 16.5 Å². The first-order chi connectivity index (χ1) is 12.1. The molecule has 1 amide bonds. The van der Waals surface area contributed by atoms with Gasteiger partial charge < -0.3 is 15.0 Å². The molecule has 1 N–H and O–H groups in total. The summed E-state index contributed by atoms with van der Waals surface area (Å²) in [5.74, 6) is 3.04. The number of ether oxygens (including phenoxy) is 1. The predicted octanol–water partition coefficient (Wildman–Crippen LogP) is 1.98. The molecule has 1 aromatic rings. The van der Waals surface area contributed by atoms with Crippen molar-refractivity contribution in [2.45, 2.75) is 31.7 Å². The van der Waals surface area contributed by atoms with Crippen LogP contribution in [0.4, 0.5) is 5.82 Å². The monoisotopic (exact) mass is 344 g/mol. The van der Waals surface area contributed by atoms with Gasteiger partial charge in [-0.05, 0) is 43.4 Å². The molecule has 2 bridgehead atoms. The summed E-state index contributed by atoms with van der Waals surface area (Å²) in [6.07, 6.45) is 9.01. The third-order valence-corrected chi connectivity index (χ3v) is 6.33. The van der Waals surface area contributed by atoms with Crippen molar-refractivity contribution < 1.29 is 9.53 Å². The number of likely N-dealkylation sites (N-methyl/N-ethyl adjacent to an activating group) is 1. The van der Waals surface area contributed by atoms with Crippen LogP contribution in [0.15, 0.2) is 17.8 Å². The number of nitrogens with one attached hydrogen (secondary N) is 1. The molecule has 4 atom stereocenters. The molecule has 2 fully saturated rings. The Bertz CT molecular complexity index is 696. The van der Waals surface area contributed by atoms with Crippen LogP contribution in [0, 0.1) is 17.8 Å². The first-order valence-electron chi connectivity index (χ1n) is 9.30. The van der Waals surface area contributed by atoms with Gasteiger partial charge in [-0.1, -0.05) is 11.6 Å². The van der Waals surface area contributed by atoms with E-state index in [1.807, 2.05) is 19.0 Å². The zero-order valence-corrected chi connectivity index (χ0v) is 15.4. The Morgan fingerprint density at radius 3 is 3.12 bits per heavy atom. The van der Waals surface area contributed by atoms with Crippen LogP contribution in [-0.2, 0) is 11.8 Å². The van der Waals surface area contributed by atoms with Crippen LogP contribution in [0.3, 0.4) is 0 Å². The Hall–Kier alpha value is -1.82.